The number of carbonyl (C=O) groups excluding carboxylic acids is 1. The van der Waals surface area contributed by atoms with Crippen molar-refractivity contribution in [3.63, 3.8) is 0 Å². The summed E-state index contributed by atoms with van der Waals surface area (Å²) in [5, 5.41) is 9.20. The quantitative estimate of drug-likeness (QED) is 0.571. The number of nitrogens with one attached hydrogen (secondary N) is 2. The van der Waals surface area contributed by atoms with Crippen LogP contribution in [-0.4, -0.2) is 34.2 Å². The Hall–Kier alpha value is -1.85. The highest BCUT2D eigenvalue weighted by Crippen LogP contribution is 2.42. The zero-order valence-electron chi connectivity index (χ0n) is 8.43. The lowest BCUT2D eigenvalue weighted by molar-refractivity contribution is -0.123. The molecule has 1 amide bonds. The number of nitrogens with zero attached hydrogens (tertiary/aromatic N) is 2. The largest absolute Gasteiger partial charge is 0.352 e. The minimum absolute atomic E-state index is 0.0364. The summed E-state index contributed by atoms with van der Waals surface area (Å²) in [5.41, 5.74) is 1.37. The van der Waals surface area contributed by atoms with Gasteiger partial charge in [0.2, 0.25) is 5.91 Å². The summed E-state index contributed by atoms with van der Waals surface area (Å²) in [6.45, 7) is 0. The Bertz CT molecular complexity index is 552. The molecule has 1 aromatic rings. The van der Waals surface area contributed by atoms with Crippen molar-refractivity contribution in [2.24, 2.45) is 0 Å². The first-order valence-corrected chi connectivity index (χ1v) is 5.41. The van der Waals surface area contributed by atoms with Crippen molar-refractivity contribution in [3.8, 4) is 0 Å². The van der Waals surface area contributed by atoms with E-state index in [-0.39, 0.29) is 23.6 Å². The summed E-state index contributed by atoms with van der Waals surface area (Å²) < 4.78 is 0. The topological polar surface area (TPSA) is 78.1 Å². The average molecular weight is 218 g/mol. The Kier molecular flexibility index (Phi) is 1.27. The highest BCUT2D eigenvalue weighted by Gasteiger charge is 2.55. The number of piperazine rings is 1. The first-order chi connectivity index (χ1) is 7.75. The van der Waals surface area contributed by atoms with Crippen molar-refractivity contribution >= 4 is 11.6 Å². The number of rotatable bonds is 0. The SMILES string of the molecule is O=C1NC2CC2N2c3cn[nH]c(=O)c3CC12. The van der Waals surface area contributed by atoms with E-state index in [9.17, 15) is 9.59 Å². The molecule has 16 heavy (non-hydrogen) atoms. The van der Waals surface area contributed by atoms with E-state index >= 15 is 0 Å². The molecule has 0 spiro atoms. The van der Waals surface area contributed by atoms with Crippen molar-refractivity contribution < 1.29 is 4.79 Å². The second-order valence-corrected chi connectivity index (χ2v) is 4.61. The number of aromatic nitrogens is 2. The highest BCUT2D eigenvalue weighted by atomic mass is 16.2. The fourth-order valence-electron chi connectivity index (χ4n) is 2.84. The van der Waals surface area contributed by atoms with Gasteiger partial charge in [-0.05, 0) is 6.42 Å². The Labute approximate surface area is 90.6 Å². The molecule has 3 heterocycles. The predicted molar refractivity (Wildman–Crippen MR) is 55.2 cm³/mol. The molecule has 6 nitrogen and oxygen atoms in total. The van der Waals surface area contributed by atoms with Crippen LogP contribution in [0.4, 0.5) is 5.69 Å². The van der Waals surface area contributed by atoms with E-state index in [4.69, 9.17) is 0 Å². The number of fused-ring (bicyclic) bond motifs is 5. The van der Waals surface area contributed by atoms with Gasteiger partial charge in [-0.2, -0.15) is 5.10 Å². The summed E-state index contributed by atoms with van der Waals surface area (Å²) >= 11 is 0. The molecule has 1 saturated heterocycles. The molecule has 2 fully saturated rings. The van der Waals surface area contributed by atoms with Crippen LogP contribution >= 0.6 is 0 Å². The average Bonchev–Trinajstić information content (AvgIpc) is 2.90. The van der Waals surface area contributed by atoms with Gasteiger partial charge in [0.25, 0.3) is 5.56 Å². The van der Waals surface area contributed by atoms with E-state index in [1.807, 2.05) is 0 Å². The van der Waals surface area contributed by atoms with Crippen molar-refractivity contribution in [1.82, 2.24) is 15.5 Å². The highest BCUT2D eigenvalue weighted by molar-refractivity contribution is 5.91. The van der Waals surface area contributed by atoms with Crippen molar-refractivity contribution in [1.29, 1.82) is 0 Å². The van der Waals surface area contributed by atoms with Gasteiger partial charge in [0.05, 0.1) is 24.0 Å². The fraction of sp³-hybridized carbons (Fsp3) is 0.500. The summed E-state index contributed by atoms with van der Waals surface area (Å²) in [5.74, 6) is 0.0364. The lowest BCUT2D eigenvalue weighted by atomic mass is 10.1. The van der Waals surface area contributed by atoms with E-state index in [0.717, 1.165) is 12.1 Å². The zero-order valence-corrected chi connectivity index (χ0v) is 8.43. The van der Waals surface area contributed by atoms with Crippen LogP contribution in [-0.2, 0) is 11.2 Å². The monoisotopic (exact) mass is 218 g/mol. The molecule has 3 unspecified atom stereocenters. The summed E-state index contributed by atoms with van der Waals surface area (Å²) in [6.07, 6.45) is 3.14. The number of H-pyrrole nitrogens is 1. The van der Waals surface area contributed by atoms with Gasteiger partial charge in [-0.25, -0.2) is 5.10 Å². The Morgan fingerprint density at radius 1 is 1.44 bits per heavy atom. The van der Waals surface area contributed by atoms with E-state index < -0.39 is 0 Å². The number of anilines is 1. The van der Waals surface area contributed by atoms with Gasteiger partial charge in [0, 0.05) is 12.0 Å². The van der Waals surface area contributed by atoms with Gasteiger partial charge in [-0.15, -0.1) is 0 Å². The van der Waals surface area contributed by atoms with Crippen molar-refractivity contribution in [2.45, 2.75) is 31.0 Å². The molecule has 6 heteroatoms. The number of aromatic amines is 1. The summed E-state index contributed by atoms with van der Waals surface area (Å²) in [4.78, 5) is 25.5. The van der Waals surface area contributed by atoms with E-state index in [1.54, 1.807) is 6.20 Å². The normalized spacial score (nSPS) is 33.9. The maximum Gasteiger partial charge on any atom is 0.269 e. The third-order valence-electron chi connectivity index (χ3n) is 3.69. The van der Waals surface area contributed by atoms with Crippen LogP contribution in [0.2, 0.25) is 0 Å². The Morgan fingerprint density at radius 3 is 3.19 bits per heavy atom. The molecular formula is C10H10N4O2. The first-order valence-electron chi connectivity index (χ1n) is 5.41. The predicted octanol–water partition coefficient (Wildman–Crippen LogP) is -1.23. The third-order valence-corrected chi connectivity index (χ3v) is 3.69. The first kappa shape index (κ1) is 8.32. The second kappa shape index (κ2) is 2.45. The lowest BCUT2D eigenvalue weighted by Crippen LogP contribution is -2.53. The lowest BCUT2D eigenvalue weighted by Gasteiger charge is -2.30. The maximum absolute atomic E-state index is 11.8. The Morgan fingerprint density at radius 2 is 2.31 bits per heavy atom. The molecule has 2 aliphatic heterocycles. The molecule has 1 saturated carbocycles. The van der Waals surface area contributed by atoms with Gasteiger partial charge in [-0.1, -0.05) is 0 Å². The molecule has 2 N–H and O–H groups in total. The molecule has 1 aliphatic carbocycles. The number of amides is 1. The van der Waals surface area contributed by atoms with Crippen molar-refractivity contribution in [2.75, 3.05) is 4.90 Å². The maximum atomic E-state index is 11.8. The molecule has 4 rings (SSSR count). The van der Waals surface area contributed by atoms with Gasteiger partial charge in [-0.3, -0.25) is 9.59 Å². The molecule has 0 radical (unpaired) electrons. The van der Waals surface area contributed by atoms with Crippen LogP contribution < -0.4 is 15.8 Å². The standard InChI is InChI=1S/C10H10N4O2/c15-9-4-1-7-10(16)12-5-2-6(5)14(7)8(4)3-11-13-9/h3,5-7H,1-2H2,(H,12,16)(H,13,15). The molecule has 0 aromatic carbocycles. The molecule has 82 valence electrons. The minimum Gasteiger partial charge on any atom is -0.352 e. The fourth-order valence-corrected chi connectivity index (χ4v) is 2.84. The van der Waals surface area contributed by atoms with Crippen LogP contribution in [0.15, 0.2) is 11.0 Å². The van der Waals surface area contributed by atoms with Crippen LogP contribution in [0.1, 0.15) is 12.0 Å². The van der Waals surface area contributed by atoms with Crippen molar-refractivity contribution in [3.05, 3.63) is 22.1 Å². The van der Waals surface area contributed by atoms with Gasteiger partial charge < -0.3 is 10.2 Å². The molecule has 0 bridgehead atoms. The van der Waals surface area contributed by atoms with Crippen LogP contribution in [0.25, 0.3) is 0 Å². The molecule has 1 aromatic heterocycles. The van der Waals surface area contributed by atoms with E-state index in [0.29, 0.717) is 18.0 Å². The number of hydrogen-bond acceptors (Lipinski definition) is 4. The number of hydrogen-bond donors (Lipinski definition) is 2. The second-order valence-electron chi connectivity index (χ2n) is 4.61. The molecular weight excluding hydrogens is 208 g/mol. The van der Waals surface area contributed by atoms with E-state index in [1.165, 1.54) is 0 Å². The third kappa shape index (κ3) is 0.850. The van der Waals surface area contributed by atoms with Gasteiger partial charge in [0.1, 0.15) is 6.04 Å². The van der Waals surface area contributed by atoms with E-state index in [2.05, 4.69) is 20.4 Å². The van der Waals surface area contributed by atoms with Gasteiger partial charge >= 0.3 is 0 Å². The van der Waals surface area contributed by atoms with Crippen LogP contribution in [0.5, 0.6) is 0 Å². The van der Waals surface area contributed by atoms with Gasteiger partial charge in [0.15, 0.2) is 0 Å². The molecule has 3 aliphatic rings. The minimum atomic E-state index is -0.205. The Balaban J connectivity index is 1.90. The summed E-state index contributed by atoms with van der Waals surface area (Å²) in [7, 11) is 0. The smallest absolute Gasteiger partial charge is 0.269 e. The molecule has 3 atom stereocenters. The summed E-state index contributed by atoms with van der Waals surface area (Å²) in [6, 6.07) is 0.436. The number of carbonyl (C=O) groups is 1. The van der Waals surface area contributed by atoms with Crippen LogP contribution in [0.3, 0.4) is 0 Å². The zero-order chi connectivity index (χ0) is 10.9. The van der Waals surface area contributed by atoms with Crippen LogP contribution in [0, 0.1) is 0 Å².